The van der Waals surface area contributed by atoms with E-state index >= 15 is 0 Å². The van der Waals surface area contributed by atoms with Crippen LogP contribution in [0.2, 0.25) is 0 Å². The van der Waals surface area contributed by atoms with Gasteiger partial charge in [0.2, 0.25) is 0 Å². The molecule has 0 aliphatic carbocycles. The normalized spacial score (nSPS) is 12.6. The van der Waals surface area contributed by atoms with E-state index in [0.717, 1.165) is 0 Å². The molecule has 0 aliphatic rings. The van der Waals surface area contributed by atoms with Gasteiger partial charge < -0.3 is 5.73 Å². The highest BCUT2D eigenvalue weighted by Gasteiger charge is 2.18. The van der Waals surface area contributed by atoms with Crippen LogP contribution in [0.5, 0.6) is 0 Å². The summed E-state index contributed by atoms with van der Waals surface area (Å²) in [6.07, 6.45) is 0. The zero-order chi connectivity index (χ0) is 12.4. The van der Waals surface area contributed by atoms with Gasteiger partial charge in [0.05, 0.1) is 16.4 Å². The van der Waals surface area contributed by atoms with Crippen LogP contribution in [0.3, 0.4) is 0 Å². The highest BCUT2D eigenvalue weighted by molar-refractivity contribution is 7.93. The molecule has 0 bridgehead atoms. The molecule has 0 saturated heterocycles. The molecular formula is C8H11NO5S2. The van der Waals surface area contributed by atoms with Gasteiger partial charge in [-0.05, 0) is 18.2 Å². The lowest BCUT2D eigenvalue weighted by Gasteiger charge is -2.03. The van der Waals surface area contributed by atoms with Crippen LogP contribution in [-0.4, -0.2) is 32.9 Å². The third-order valence-corrected chi connectivity index (χ3v) is 4.52. The van der Waals surface area contributed by atoms with Gasteiger partial charge in [-0.25, -0.2) is 8.42 Å². The minimum Gasteiger partial charge on any atom is -0.399 e. The van der Waals surface area contributed by atoms with Gasteiger partial charge in [-0.15, -0.1) is 0 Å². The number of nitrogen functional groups attached to an aromatic ring is 1. The Hall–Kier alpha value is -1.12. The summed E-state index contributed by atoms with van der Waals surface area (Å²) in [6, 6.07) is 5.52. The summed E-state index contributed by atoms with van der Waals surface area (Å²) in [4.78, 5) is -0.0591. The molecule has 0 fully saturated rings. The Morgan fingerprint density at radius 1 is 1.12 bits per heavy atom. The van der Waals surface area contributed by atoms with Crippen molar-refractivity contribution >= 4 is 25.6 Å². The first-order chi connectivity index (χ1) is 7.21. The Labute approximate surface area is 93.8 Å². The monoisotopic (exact) mass is 265 g/mol. The first-order valence-electron chi connectivity index (χ1n) is 4.24. The second-order valence-corrected chi connectivity index (χ2v) is 6.86. The van der Waals surface area contributed by atoms with E-state index in [9.17, 15) is 16.8 Å². The molecule has 0 atom stereocenters. The predicted octanol–water partition coefficient (Wildman–Crippen LogP) is -0.0697. The summed E-state index contributed by atoms with van der Waals surface area (Å²) in [6.45, 7) is 0. The molecular weight excluding hydrogens is 254 g/mol. The van der Waals surface area contributed by atoms with E-state index in [1.807, 2.05) is 0 Å². The van der Waals surface area contributed by atoms with Crippen LogP contribution in [0.1, 0.15) is 0 Å². The summed E-state index contributed by atoms with van der Waals surface area (Å²) in [5.74, 6) is -1.50. The Morgan fingerprint density at radius 2 is 1.75 bits per heavy atom. The minimum atomic E-state index is -4.29. The lowest BCUT2D eigenvalue weighted by Crippen LogP contribution is -2.16. The van der Waals surface area contributed by atoms with Crippen LogP contribution < -0.4 is 5.73 Å². The summed E-state index contributed by atoms with van der Waals surface area (Å²) in [7, 11) is -8.02. The molecule has 1 aromatic carbocycles. The molecule has 0 spiro atoms. The van der Waals surface area contributed by atoms with Gasteiger partial charge in [0.25, 0.3) is 10.1 Å². The topological polar surface area (TPSA) is 115 Å². The molecule has 16 heavy (non-hydrogen) atoms. The first-order valence-corrected chi connectivity index (χ1v) is 7.50. The number of benzene rings is 1. The van der Waals surface area contributed by atoms with E-state index in [1.54, 1.807) is 0 Å². The lowest BCUT2D eigenvalue weighted by molar-refractivity contribution is 0.484. The largest absolute Gasteiger partial charge is 0.399 e. The van der Waals surface area contributed by atoms with Crippen LogP contribution in [0.25, 0.3) is 0 Å². The van der Waals surface area contributed by atoms with Gasteiger partial charge in [0.15, 0.2) is 9.84 Å². The molecule has 0 saturated carbocycles. The van der Waals surface area contributed by atoms with Crippen molar-refractivity contribution in [3.8, 4) is 0 Å². The Balaban J connectivity index is 2.95. The van der Waals surface area contributed by atoms with Crippen molar-refractivity contribution in [2.75, 3.05) is 17.2 Å². The second kappa shape index (κ2) is 4.40. The molecule has 3 N–H and O–H groups in total. The number of rotatable bonds is 4. The van der Waals surface area contributed by atoms with Crippen molar-refractivity contribution in [2.45, 2.75) is 4.90 Å². The fourth-order valence-corrected chi connectivity index (χ4v) is 3.60. The molecule has 90 valence electrons. The van der Waals surface area contributed by atoms with Crippen LogP contribution in [-0.2, 0) is 20.0 Å². The molecule has 6 nitrogen and oxygen atoms in total. The third-order valence-electron chi connectivity index (χ3n) is 1.83. The fraction of sp³-hybridized carbons (Fsp3) is 0.250. The van der Waals surface area contributed by atoms with Gasteiger partial charge in [0, 0.05) is 5.69 Å². The number of hydrogen-bond acceptors (Lipinski definition) is 5. The summed E-state index contributed by atoms with van der Waals surface area (Å²) in [5, 5.41) is 0. The number of hydrogen-bond donors (Lipinski definition) is 2. The van der Waals surface area contributed by atoms with Gasteiger partial charge in [-0.2, -0.15) is 8.42 Å². The molecule has 0 aromatic heterocycles. The van der Waals surface area contributed by atoms with Crippen LogP contribution in [0.4, 0.5) is 5.69 Å². The highest BCUT2D eigenvalue weighted by Crippen LogP contribution is 2.14. The average molecular weight is 265 g/mol. The Bertz CT molecular complexity index is 576. The standard InChI is InChI=1S/C8H11NO5S2/c9-7-2-1-3-8(6-7)15(10,11)4-5-16(12,13)14/h1-3,6H,4-5,9H2,(H,12,13,14). The molecule has 0 amide bonds. The van der Waals surface area contributed by atoms with Crippen LogP contribution in [0, 0.1) is 0 Å². The first kappa shape index (κ1) is 12.9. The molecule has 8 heteroatoms. The number of sulfone groups is 1. The molecule has 1 rings (SSSR count). The van der Waals surface area contributed by atoms with Crippen molar-refractivity contribution in [1.82, 2.24) is 0 Å². The predicted molar refractivity (Wildman–Crippen MR) is 59.3 cm³/mol. The second-order valence-electron chi connectivity index (χ2n) is 3.18. The van der Waals surface area contributed by atoms with E-state index in [0.29, 0.717) is 0 Å². The zero-order valence-corrected chi connectivity index (χ0v) is 9.83. The molecule has 0 aliphatic heterocycles. The van der Waals surface area contributed by atoms with Gasteiger partial charge in [-0.1, -0.05) is 6.07 Å². The molecule has 0 radical (unpaired) electrons. The SMILES string of the molecule is Nc1cccc(S(=O)(=O)CCS(=O)(=O)O)c1. The number of anilines is 1. The average Bonchev–Trinajstić information content (AvgIpc) is 2.14. The number of nitrogens with two attached hydrogens (primary N) is 1. The van der Waals surface area contributed by atoms with Crippen molar-refractivity contribution in [2.24, 2.45) is 0 Å². The zero-order valence-electron chi connectivity index (χ0n) is 8.20. The maximum Gasteiger partial charge on any atom is 0.265 e. The maximum atomic E-state index is 11.6. The molecule has 1 aromatic rings. The fourth-order valence-electron chi connectivity index (χ4n) is 1.04. The smallest absolute Gasteiger partial charge is 0.265 e. The van der Waals surface area contributed by atoms with Crippen LogP contribution >= 0.6 is 0 Å². The van der Waals surface area contributed by atoms with Gasteiger partial charge >= 0.3 is 0 Å². The Morgan fingerprint density at radius 3 is 2.25 bits per heavy atom. The Kier molecular flexibility index (Phi) is 3.56. The van der Waals surface area contributed by atoms with Crippen molar-refractivity contribution in [1.29, 1.82) is 0 Å². The van der Waals surface area contributed by atoms with Crippen molar-refractivity contribution < 1.29 is 21.4 Å². The highest BCUT2D eigenvalue weighted by atomic mass is 32.2. The summed E-state index contributed by atoms with van der Waals surface area (Å²) in [5.41, 5.74) is 5.68. The van der Waals surface area contributed by atoms with Gasteiger partial charge in [-0.3, -0.25) is 4.55 Å². The van der Waals surface area contributed by atoms with Crippen molar-refractivity contribution in [3.63, 3.8) is 0 Å². The lowest BCUT2D eigenvalue weighted by atomic mass is 10.3. The summed E-state index contributed by atoms with van der Waals surface area (Å²) < 4.78 is 52.6. The molecule has 0 heterocycles. The van der Waals surface area contributed by atoms with E-state index in [-0.39, 0.29) is 10.6 Å². The van der Waals surface area contributed by atoms with E-state index in [1.165, 1.54) is 24.3 Å². The quantitative estimate of drug-likeness (QED) is 0.581. The summed E-state index contributed by atoms with van der Waals surface area (Å²) >= 11 is 0. The molecule has 0 unspecified atom stereocenters. The maximum absolute atomic E-state index is 11.6. The van der Waals surface area contributed by atoms with Crippen LogP contribution in [0.15, 0.2) is 29.2 Å². The minimum absolute atomic E-state index is 0.0591. The van der Waals surface area contributed by atoms with Crippen molar-refractivity contribution in [3.05, 3.63) is 24.3 Å². The van der Waals surface area contributed by atoms with Gasteiger partial charge in [0.1, 0.15) is 0 Å². The third kappa shape index (κ3) is 3.80. The van der Waals surface area contributed by atoms with E-state index < -0.39 is 31.5 Å². The van der Waals surface area contributed by atoms with E-state index in [2.05, 4.69) is 0 Å². The van der Waals surface area contributed by atoms with E-state index in [4.69, 9.17) is 10.3 Å².